The van der Waals surface area contributed by atoms with E-state index in [1.165, 1.54) is 5.56 Å². The second-order valence-electron chi connectivity index (χ2n) is 5.70. The number of nitrogens with one attached hydrogen (secondary N) is 1. The molecule has 0 spiro atoms. The van der Waals surface area contributed by atoms with Gasteiger partial charge in [0.1, 0.15) is 0 Å². The molecule has 0 fully saturated rings. The first kappa shape index (κ1) is 16.7. The van der Waals surface area contributed by atoms with Gasteiger partial charge in [-0.1, -0.05) is 38.1 Å². The monoisotopic (exact) mass is 277 g/mol. The summed E-state index contributed by atoms with van der Waals surface area (Å²) in [4.78, 5) is 12.0. The SMILES string of the molecule is COCCCNC(=O)[C@H](C)c1ccc(CC(C)C)cc1. The first-order valence-electron chi connectivity index (χ1n) is 7.40. The van der Waals surface area contributed by atoms with Crippen LogP contribution in [-0.2, 0) is 16.0 Å². The lowest BCUT2D eigenvalue weighted by molar-refractivity contribution is -0.122. The van der Waals surface area contributed by atoms with Crippen molar-refractivity contribution >= 4 is 5.91 Å². The van der Waals surface area contributed by atoms with Crippen LogP contribution in [-0.4, -0.2) is 26.2 Å². The van der Waals surface area contributed by atoms with Crippen LogP contribution in [0.1, 0.15) is 44.2 Å². The largest absolute Gasteiger partial charge is 0.385 e. The van der Waals surface area contributed by atoms with Gasteiger partial charge in [-0.2, -0.15) is 0 Å². The van der Waals surface area contributed by atoms with E-state index in [0.29, 0.717) is 19.1 Å². The van der Waals surface area contributed by atoms with Crippen LogP contribution in [0.15, 0.2) is 24.3 Å². The fraction of sp³-hybridized carbons (Fsp3) is 0.588. The lowest BCUT2D eigenvalue weighted by atomic mass is 9.96. The highest BCUT2D eigenvalue weighted by Gasteiger charge is 2.14. The molecule has 0 heterocycles. The summed E-state index contributed by atoms with van der Waals surface area (Å²) >= 11 is 0. The average Bonchev–Trinajstić information content (AvgIpc) is 2.43. The van der Waals surface area contributed by atoms with E-state index in [-0.39, 0.29) is 11.8 Å². The number of hydrogen-bond donors (Lipinski definition) is 1. The first-order chi connectivity index (χ1) is 9.54. The van der Waals surface area contributed by atoms with Crippen molar-refractivity contribution in [2.24, 2.45) is 5.92 Å². The summed E-state index contributed by atoms with van der Waals surface area (Å²) in [6.07, 6.45) is 1.93. The van der Waals surface area contributed by atoms with Gasteiger partial charge in [0, 0.05) is 20.3 Å². The molecule has 0 aliphatic heterocycles. The summed E-state index contributed by atoms with van der Waals surface area (Å²) in [6, 6.07) is 8.39. The summed E-state index contributed by atoms with van der Waals surface area (Å²) in [6.45, 7) is 7.72. The second kappa shape index (κ2) is 8.75. The number of rotatable bonds is 8. The molecule has 3 heteroatoms. The predicted octanol–water partition coefficient (Wildman–Crippen LogP) is 3.14. The molecule has 0 saturated heterocycles. The molecule has 1 rings (SSSR count). The molecule has 1 amide bonds. The third-order valence-electron chi connectivity index (χ3n) is 3.34. The molecule has 20 heavy (non-hydrogen) atoms. The molecular weight excluding hydrogens is 250 g/mol. The molecule has 1 N–H and O–H groups in total. The molecule has 1 aromatic rings. The van der Waals surface area contributed by atoms with Crippen molar-refractivity contribution in [2.45, 2.75) is 39.5 Å². The van der Waals surface area contributed by atoms with E-state index in [1.807, 2.05) is 6.92 Å². The van der Waals surface area contributed by atoms with Gasteiger partial charge >= 0.3 is 0 Å². The van der Waals surface area contributed by atoms with E-state index in [0.717, 1.165) is 18.4 Å². The van der Waals surface area contributed by atoms with Crippen LogP contribution in [0, 0.1) is 5.92 Å². The molecule has 112 valence electrons. The fourth-order valence-corrected chi connectivity index (χ4v) is 2.15. The summed E-state index contributed by atoms with van der Waals surface area (Å²) in [7, 11) is 1.67. The number of carbonyl (C=O) groups excluding carboxylic acids is 1. The molecule has 0 aromatic heterocycles. The van der Waals surface area contributed by atoms with Crippen molar-refractivity contribution < 1.29 is 9.53 Å². The predicted molar refractivity (Wildman–Crippen MR) is 82.9 cm³/mol. The Balaban J connectivity index is 2.49. The van der Waals surface area contributed by atoms with Crippen LogP contribution in [0.4, 0.5) is 0 Å². The van der Waals surface area contributed by atoms with E-state index >= 15 is 0 Å². The quantitative estimate of drug-likeness (QED) is 0.741. The molecule has 0 unspecified atom stereocenters. The number of carbonyl (C=O) groups is 1. The van der Waals surface area contributed by atoms with Gasteiger partial charge in [0.2, 0.25) is 5.91 Å². The fourth-order valence-electron chi connectivity index (χ4n) is 2.15. The maximum atomic E-state index is 12.0. The van der Waals surface area contributed by atoms with Crippen LogP contribution in [0.5, 0.6) is 0 Å². The van der Waals surface area contributed by atoms with Gasteiger partial charge in [0.05, 0.1) is 5.92 Å². The van der Waals surface area contributed by atoms with Gasteiger partial charge < -0.3 is 10.1 Å². The number of benzene rings is 1. The molecule has 0 aliphatic rings. The van der Waals surface area contributed by atoms with Crippen LogP contribution >= 0.6 is 0 Å². The van der Waals surface area contributed by atoms with Crippen LogP contribution in [0.25, 0.3) is 0 Å². The Morgan fingerprint density at radius 2 is 1.85 bits per heavy atom. The lowest BCUT2D eigenvalue weighted by Gasteiger charge is -2.13. The zero-order chi connectivity index (χ0) is 15.0. The van der Waals surface area contributed by atoms with Gasteiger partial charge in [-0.3, -0.25) is 4.79 Å². The molecule has 0 radical (unpaired) electrons. The van der Waals surface area contributed by atoms with Gasteiger partial charge in [-0.15, -0.1) is 0 Å². The highest BCUT2D eigenvalue weighted by atomic mass is 16.5. The number of amides is 1. The van der Waals surface area contributed by atoms with Gasteiger partial charge in [-0.25, -0.2) is 0 Å². The van der Waals surface area contributed by atoms with Crippen LogP contribution in [0.3, 0.4) is 0 Å². The molecule has 3 nitrogen and oxygen atoms in total. The molecule has 0 aliphatic carbocycles. The van der Waals surface area contributed by atoms with E-state index in [9.17, 15) is 4.79 Å². The summed E-state index contributed by atoms with van der Waals surface area (Å²) in [5.41, 5.74) is 2.40. The third-order valence-corrected chi connectivity index (χ3v) is 3.34. The zero-order valence-corrected chi connectivity index (χ0v) is 13.1. The molecular formula is C17H27NO2. The molecule has 1 aromatic carbocycles. The third kappa shape index (κ3) is 5.74. The minimum Gasteiger partial charge on any atom is -0.385 e. The Bertz CT molecular complexity index is 398. The molecule has 1 atom stereocenters. The Morgan fingerprint density at radius 3 is 2.40 bits per heavy atom. The highest BCUT2D eigenvalue weighted by molar-refractivity contribution is 5.83. The van der Waals surface area contributed by atoms with Crippen molar-refractivity contribution in [3.05, 3.63) is 35.4 Å². The van der Waals surface area contributed by atoms with E-state index in [2.05, 4.69) is 43.4 Å². The van der Waals surface area contributed by atoms with Crippen LogP contribution in [0.2, 0.25) is 0 Å². The summed E-state index contributed by atoms with van der Waals surface area (Å²) in [5.74, 6) is 0.630. The topological polar surface area (TPSA) is 38.3 Å². The highest BCUT2D eigenvalue weighted by Crippen LogP contribution is 2.17. The van der Waals surface area contributed by atoms with Gasteiger partial charge in [0.15, 0.2) is 0 Å². The van der Waals surface area contributed by atoms with Crippen molar-refractivity contribution in [3.63, 3.8) is 0 Å². The van der Waals surface area contributed by atoms with Crippen molar-refractivity contribution in [3.8, 4) is 0 Å². The zero-order valence-electron chi connectivity index (χ0n) is 13.1. The normalized spacial score (nSPS) is 12.4. The van der Waals surface area contributed by atoms with E-state index < -0.39 is 0 Å². The first-order valence-corrected chi connectivity index (χ1v) is 7.40. The Hall–Kier alpha value is -1.35. The number of methoxy groups -OCH3 is 1. The van der Waals surface area contributed by atoms with E-state index in [1.54, 1.807) is 7.11 Å². The van der Waals surface area contributed by atoms with Crippen molar-refractivity contribution in [1.82, 2.24) is 5.32 Å². The smallest absolute Gasteiger partial charge is 0.227 e. The lowest BCUT2D eigenvalue weighted by Crippen LogP contribution is -2.29. The van der Waals surface area contributed by atoms with Crippen molar-refractivity contribution in [2.75, 3.05) is 20.3 Å². The summed E-state index contributed by atoms with van der Waals surface area (Å²) < 4.78 is 4.96. The summed E-state index contributed by atoms with van der Waals surface area (Å²) in [5, 5.41) is 2.94. The Kier molecular flexibility index (Phi) is 7.31. The molecule has 0 bridgehead atoms. The van der Waals surface area contributed by atoms with Crippen LogP contribution < -0.4 is 5.32 Å². The standard InChI is InChI=1S/C17H27NO2/c1-13(2)12-15-6-8-16(9-7-15)14(3)17(19)18-10-5-11-20-4/h6-9,13-14H,5,10-12H2,1-4H3,(H,18,19)/t14-/m1/s1. The Morgan fingerprint density at radius 1 is 1.20 bits per heavy atom. The molecule has 0 saturated carbocycles. The van der Waals surface area contributed by atoms with Gasteiger partial charge in [-0.05, 0) is 36.8 Å². The minimum atomic E-state index is -0.106. The maximum Gasteiger partial charge on any atom is 0.227 e. The number of hydrogen-bond acceptors (Lipinski definition) is 2. The number of ether oxygens (including phenoxy) is 1. The maximum absolute atomic E-state index is 12.0. The second-order valence-corrected chi connectivity index (χ2v) is 5.70. The van der Waals surface area contributed by atoms with Crippen molar-refractivity contribution in [1.29, 1.82) is 0 Å². The minimum absolute atomic E-state index is 0.0812. The van der Waals surface area contributed by atoms with Gasteiger partial charge in [0.25, 0.3) is 0 Å². The van der Waals surface area contributed by atoms with E-state index in [4.69, 9.17) is 4.74 Å². The Labute approximate surface area is 122 Å². The average molecular weight is 277 g/mol.